The number of Topliss-reactive ketones (excluding diaryl/α,β-unsaturated/α-hetero) is 1. The molecule has 1 nitrogen and oxygen atoms in total. The van der Waals surface area contributed by atoms with Crippen molar-refractivity contribution in [3.8, 4) is 0 Å². The molecule has 0 fully saturated rings. The summed E-state index contributed by atoms with van der Waals surface area (Å²) in [6, 6.07) is 14.3. The number of carbonyl (C=O) groups is 1. The van der Waals surface area contributed by atoms with E-state index in [9.17, 15) is 9.18 Å². The molecular formula is C22H35FO. The summed E-state index contributed by atoms with van der Waals surface area (Å²) < 4.78 is 12.3. The molecule has 0 saturated heterocycles. The molecule has 0 heterocycles. The quantitative estimate of drug-likeness (QED) is 0.496. The molecular weight excluding hydrogens is 299 g/mol. The van der Waals surface area contributed by atoms with E-state index in [0.717, 1.165) is 11.1 Å². The van der Waals surface area contributed by atoms with E-state index >= 15 is 0 Å². The highest BCUT2D eigenvalue weighted by Crippen LogP contribution is 2.03. The normalized spacial score (nSPS) is 7.75. The summed E-state index contributed by atoms with van der Waals surface area (Å²) in [6.45, 7) is 17.3. The molecule has 0 unspecified atom stereocenters. The predicted molar refractivity (Wildman–Crippen MR) is 106 cm³/mol. The van der Waals surface area contributed by atoms with Crippen molar-refractivity contribution in [2.45, 2.75) is 62.3 Å². The number of carbonyl (C=O) groups excluding carboxylic acids is 1. The Bertz CT molecular complexity index is 512. The van der Waals surface area contributed by atoms with Crippen molar-refractivity contribution in [3.63, 3.8) is 0 Å². The molecule has 2 heteroatoms. The van der Waals surface area contributed by atoms with Crippen LogP contribution >= 0.6 is 0 Å². The highest BCUT2D eigenvalue weighted by molar-refractivity contribution is 5.94. The van der Waals surface area contributed by atoms with Crippen LogP contribution in [0.4, 0.5) is 4.39 Å². The summed E-state index contributed by atoms with van der Waals surface area (Å²) in [5.41, 5.74) is 2.63. The number of rotatable bonds is 1. The van der Waals surface area contributed by atoms with Gasteiger partial charge in [0.15, 0.2) is 5.78 Å². The van der Waals surface area contributed by atoms with Gasteiger partial charge >= 0.3 is 0 Å². The first kappa shape index (κ1) is 26.9. The first-order valence-electron chi connectivity index (χ1n) is 8.79. The molecule has 0 aliphatic rings. The average molecular weight is 335 g/mol. The van der Waals surface area contributed by atoms with E-state index in [1.807, 2.05) is 78.8 Å². The second-order valence-corrected chi connectivity index (χ2v) is 4.17. The summed E-state index contributed by atoms with van der Waals surface area (Å²) in [4.78, 5) is 10.8. The Labute approximate surface area is 148 Å². The van der Waals surface area contributed by atoms with E-state index in [-0.39, 0.29) is 11.6 Å². The SMILES string of the molecule is CC.CC.CC.CC(=O)c1cccc(C)c1.Cc1ccccc1F. The zero-order chi connectivity index (χ0) is 19.5. The van der Waals surface area contributed by atoms with Gasteiger partial charge in [0.2, 0.25) is 0 Å². The number of aryl methyl sites for hydroxylation is 2. The molecule has 0 saturated carbocycles. The molecule has 2 rings (SSSR count). The lowest BCUT2D eigenvalue weighted by Gasteiger charge is -1.94. The van der Waals surface area contributed by atoms with Gasteiger partial charge in [-0.2, -0.15) is 0 Å². The van der Waals surface area contributed by atoms with Gasteiger partial charge in [-0.05, 0) is 38.5 Å². The lowest BCUT2D eigenvalue weighted by Crippen LogP contribution is -1.90. The van der Waals surface area contributed by atoms with Crippen LogP contribution in [0.2, 0.25) is 0 Å². The zero-order valence-corrected chi connectivity index (χ0v) is 16.9. The first-order valence-corrected chi connectivity index (χ1v) is 8.79. The van der Waals surface area contributed by atoms with Gasteiger partial charge in [-0.25, -0.2) is 4.39 Å². The summed E-state index contributed by atoms with van der Waals surface area (Å²) in [7, 11) is 0. The molecule has 2 aromatic carbocycles. The minimum absolute atomic E-state index is 0.128. The fraction of sp³-hybridized carbons (Fsp3) is 0.409. The van der Waals surface area contributed by atoms with Crippen molar-refractivity contribution in [2.75, 3.05) is 0 Å². The van der Waals surface area contributed by atoms with E-state index in [2.05, 4.69) is 0 Å². The standard InChI is InChI=1S/C9H10O.C7H7F.3C2H6/c1-7-4-3-5-9(6-7)8(2)10;1-6-4-2-3-5-7(6)8;3*1-2/h3-6H,1-2H3;2-5H,1H3;3*1-2H3. The van der Waals surface area contributed by atoms with Gasteiger partial charge < -0.3 is 0 Å². The second-order valence-electron chi connectivity index (χ2n) is 4.17. The highest BCUT2D eigenvalue weighted by atomic mass is 19.1. The number of hydrogen-bond acceptors (Lipinski definition) is 1. The molecule has 136 valence electrons. The Morgan fingerprint density at radius 3 is 1.58 bits per heavy atom. The van der Waals surface area contributed by atoms with Gasteiger partial charge in [0.1, 0.15) is 5.82 Å². The van der Waals surface area contributed by atoms with Crippen LogP contribution in [0.1, 0.15) is 70.0 Å². The van der Waals surface area contributed by atoms with Crippen LogP contribution in [-0.4, -0.2) is 5.78 Å². The van der Waals surface area contributed by atoms with E-state index in [1.54, 1.807) is 26.0 Å². The molecule has 24 heavy (non-hydrogen) atoms. The van der Waals surface area contributed by atoms with Crippen LogP contribution in [0.5, 0.6) is 0 Å². The lowest BCUT2D eigenvalue weighted by molar-refractivity contribution is 0.101. The highest BCUT2D eigenvalue weighted by Gasteiger charge is 1.95. The van der Waals surface area contributed by atoms with Crippen molar-refractivity contribution < 1.29 is 9.18 Å². The van der Waals surface area contributed by atoms with E-state index in [0.29, 0.717) is 5.56 Å². The van der Waals surface area contributed by atoms with Crippen LogP contribution in [0.3, 0.4) is 0 Å². The van der Waals surface area contributed by atoms with Crippen LogP contribution < -0.4 is 0 Å². The van der Waals surface area contributed by atoms with Gasteiger partial charge in [0.05, 0.1) is 0 Å². The molecule has 0 spiro atoms. The van der Waals surface area contributed by atoms with Gasteiger partial charge in [-0.1, -0.05) is 83.5 Å². The van der Waals surface area contributed by atoms with Crippen LogP contribution in [0.25, 0.3) is 0 Å². The average Bonchev–Trinajstić information content (AvgIpc) is 2.63. The number of benzene rings is 2. The number of ketones is 1. The minimum atomic E-state index is -0.132. The van der Waals surface area contributed by atoms with Crippen molar-refractivity contribution in [1.29, 1.82) is 0 Å². The maximum Gasteiger partial charge on any atom is 0.159 e. The molecule has 0 N–H and O–H groups in total. The summed E-state index contributed by atoms with van der Waals surface area (Å²) >= 11 is 0. The van der Waals surface area contributed by atoms with Crippen molar-refractivity contribution in [3.05, 3.63) is 71.0 Å². The molecule has 0 aliphatic carbocycles. The number of hydrogen-bond donors (Lipinski definition) is 0. The second kappa shape index (κ2) is 19.1. The van der Waals surface area contributed by atoms with E-state index < -0.39 is 0 Å². The van der Waals surface area contributed by atoms with Crippen LogP contribution in [0.15, 0.2) is 48.5 Å². The monoisotopic (exact) mass is 334 g/mol. The Balaban J connectivity index is -0.000000284. The maximum atomic E-state index is 12.3. The maximum absolute atomic E-state index is 12.3. The van der Waals surface area contributed by atoms with Crippen molar-refractivity contribution in [1.82, 2.24) is 0 Å². The third kappa shape index (κ3) is 13.7. The first-order chi connectivity index (χ1) is 11.5. The smallest absolute Gasteiger partial charge is 0.159 e. The molecule has 0 radical (unpaired) electrons. The minimum Gasteiger partial charge on any atom is -0.295 e. The van der Waals surface area contributed by atoms with Gasteiger partial charge in [-0.3, -0.25) is 4.79 Å². The van der Waals surface area contributed by atoms with Crippen LogP contribution in [-0.2, 0) is 0 Å². The van der Waals surface area contributed by atoms with Crippen molar-refractivity contribution >= 4 is 5.78 Å². The van der Waals surface area contributed by atoms with Gasteiger partial charge in [0.25, 0.3) is 0 Å². The van der Waals surface area contributed by atoms with Gasteiger partial charge in [-0.15, -0.1) is 0 Å². The summed E-state index contributed by atoms with van der Waals surface area (Å²) in [6.07, 6.45) is 0. The van der Waals surface area contributed by atoms with E-state index in [4.69, 9.17) is 0 Å². The molecule has 0 atom stereocenters. The van der Waals surface area contributed by atoms with Crippen LogP contribution in [0, 0.1) is 19.7 Å². The zero-order valence-electron chi connectivity index (χ0n) is 16.9. The molecule has 0 amide bonds. The summed E-state index contributed by atoms with van der Waals surface area (Å²) in [5.74, 6) is -0.00352. The fourth-order valence-corrected chi connectivity index (χ4v) is 1.42. The Hall–Kier alpha value is -1.96. The fourth-order valence-electron chi connectivity index (χ4n) is 1.42. The third-order valence-electron chi connectivity index (χ3n) is 2.50. The Morgan fingerprint density at radius 2 is 1.29 bits per heavy atom. The Kier molecular flexibility index (Phi) is 21.4. The predicted octanol–water partition coefficient (Wildman–Crippen LogP) is 7.41. The molecule has 2 aromatic rings. The van der Waals surface area contributed by atoms with Gasteiger partial charge in [0, 0.05) is 5.56 Å². The van der Waals surface area contributed by atoms with Crippen molar-refractivity contribution in [2.24, 2.45) is 0 Å². The lowest BCUT2D eigenvalue weighted by atomic mass is 10.1. The van der Waals surface area contributed by atoms with E-state index in [1.165, 1.54) is 6.07 Å². The Morgan fingerprint density at radius 1 is 0.792 bits per heavy atom. The number of halogens is 1. The third-order valence-corrected chi connectivity index (χ3v) is 2.50. The topological polar surface area (TPSA) is 17.1 Å². The molecule has 0 aliphatic heterocycles. The molecule has 0 bridgehead atoms. The largest absolute Gasteiger partial charge is 0.295 e. The molecule has 0 aromatic heterocycles. The summed E-state index contributed by atoms with van der Waals surface area (Å²) in [5, 5.41) is 0.